The highest BCUT2D eigenvalue weighted by Gasteiger charge is 2.14. The topological polar surface area (TPSA) is 72.9 Å². The number of hydrogen-bond donors (Lipinski definition) is 2. The van der Waals surface area contributed by atoms with Crippen LogP contribution in [0.2, 0.25) is 5.02 Å². The van der Waals surface area contributed by atoms with Crippen LogP contribution in [-0.2, 0) is 11.3 Å². The lowest BCUT2D eigenvalue weighted by Gasteiger charge is -2.10. The fourth-order valence-corrected chi connectivity index (χ4v) is 1.97. The molecule has 0 unspecified atom stereocenters. The number of carbonyl (C=O) groups is 1. The molecule has 1 amide bonds. The van der Waals surface area contributed by atoms with Gasteiger partial charge in [-0.3, -0.25) is 4.79 Å². The molecule has 0 radical (unpaired) electrons. The molecule has 5 nitrogen and oxygen atoms in total. The number of imidazole rings is 1. The lowest BCUT2D eigenvalue weighted by atomic mass is 10.3. The molecule has 1 aromatic carbocycles. The van der Waals surface area contributed by atoms with Gasteiger partial charge in [0.05, 0.1) is 16.1 Å². The van der Waals surface area contributed by atoms with Crippen molar-refractivity contribution in [2.45, 2.75) is 26.4 Å². The summed E-state index contributed by atoms with van der Waals surface area (Å²) in [4.78, 5) is 15.8. The maximum Gasteiger partial charge on any atom is 0.240 e. The van der Waals surface area contributed by atoms with E-state index in [-0.39, 0.29) is 29.5 Å². The van der Waals surface area contributed by atoms with E-state index in [9.17, 15) is 9.18 Å². The van der Waals surface area contributed by atoms with Gasteiger partial charge in [0.15, 0.2) is 0 Å². The van der Waals surface area contributed by atoms with Gasteiger partial charge in [-0.15, -0.1) is 0 Å². The summed E-state index contributed by atoms with van der Waals surface area (Å²) in [7, 11) is 0. The van der Waals surface area contributed by atoms with Crippen molar-refractivity contribution in [2.24, 2.45) is 0 Å². The van der Waals surface area contributed by atoms with Crippen molar-refractivity contribution >= 4 is 34.5 Å². The Morgan fingerprint density at radius 1 is 1.58 bits per heavy atom. The second-order valence-corrected chi connectivity index (χ2v) is 4.94. The minimum atomic E-state index is -0.564. The number of amides is 1. The van der Waals surface area contributed by atoms with Gasteiger partial charge >= 0.3 is 0 Å². The van der Waals surface area contributed by atoms with Gasteiger partial charge in [-0.1, -0.05) is 11.6 Å². The summed E-state index contributed by atoms with van der Waals surface area (Å²) in [6.07, 6.45) is 0. The fourth-order valence-electron chi connectivity index (χ4n) is 1.82. The number of fused-ring (bicyclic) bond motifs is 1. The zero-order chi connectivity index (χ0) is 14.2. The molecule has 0 saturated heterocycles. The largest absolute Gasteiger partial charge is 0.369 e. The number of aromatic nitrogens is 2. The highest BCUT2D eigenvalue weighted by Crippen LogP contribution is 2.24. The van der Waals surface area contributed by atoms with E-state index in [2.05, 4.69) is 10.3 Å². The number of carbonyl (C=O) groups excluding carboxylic acids is 1. The van der Waals surface area contributed by atoms with Crippen molar-refractivity contribution in [1.29, 1.82) is 0 Å². The number of nitrogen functional groups attached to an aromatic ring is 1. The zero-order valence-corrected chi connectivity index (χ0v) is 11.3. The number of benzene rings is 1. The van der Waals surface area contributed by atoms with Gasteiger partial charge in [0.25, 0.3) is 0 Å². The molecule has 19 heavy (non-hydrogen) atoms. The zero-order valence-electron chi connectivity index (χ0n) is 10.6. The molecule has 1 aromatic heterocycles. The third-order valence-corrected chi connectivity index (χ3v) is 2.86. The van der Waals surface area contributed by atoms with Crippen molar-refractivity contribution in [3.63, 3.8) is 0 Å². The number of rotatable bonds is 3. The van der Waals surface area contributed by atoms with Crippen molar-refractivity contribution in [3.8, 4) is 0 Å². The van der Waals surface area contributed by atoms with E-state index in [1.807, 2.05) is 13.8 Å². The number of nitrogens with one attached hydrogen (secondary N) is 1. The average molecular weight is 285 g/mol. The summed E-state index contributed by atoms with van der Waals surface area (Å²) in [5.74, 6) is -0.609. The van der Waals surface area contributed by atoms with Crippen LogP contribution in [0, 0.1) is 5.82 Å². The molecule has 102 valence electrons. The maximum absolute atomic E-state index is 13.3. The first kappa shape index (κ1) is 13.6. The quantitative estimate of drug-likeness (QED) is 0.904. The molecule has 3 N–H and O–H groups in total. The number of nitrogens with two attached hydrogens (primary N) is 1. The van der Waals surface area contributed by atoms with Crippen LogP contribution in [0.1, 0.15) is 13.8 Å². The van der Waals surface area contributed by atoms with Crippen molar-refractivity contribution in [3.05, 3.63) is 23.0 Å². The molecule has 2 aromatic rings. The number of anilines is 1. The number of nitrogens with zero attached hydrogens (tertiary/aromatic N) is 2. The molecular weight excluding hydrogens is 271 g/mol. The molecule has 0 bridgehead atoms. The molecule has 0 aliphatic carbocycles. The Morgan fingerprint density at radius 3 is 2.89 bits per heavy atom. The summed E-state index contributed by atoms with van der Waals surface area (Å²) < 4.78 is 14.8. The summed E-state index contributed by atoms with van der Waals surface area (Å²) in [6, 6.07) is 2.65. The first-order valence-corrected chi connectivity index (χ1v) is 6.16. The Bertz CT molecular complexity index is 638. The first-order chi connectivity index (χ1) is 8.88. The van der Waals surface area contributed by atoms with Crippen LogP contribution < -0.4 is 11.1 Å². The van der Waals surface area contributed by atoms with Crippen LogP contribution in [0.5, 0.6) is 0 Å². The summed E-state index contributed by atoms with van der Waals surface area (Å²) in [6.45, 7) is 3.74. The van der Waals surface area contributed by atoms with Crippen molar-refractivity contribution in [2.75, 3.05) is 5.73 Å². The standard InChI is InChI=1S/C12H14ClFN4O/c1-6(2)16-11(19)5-18-10-3-7(13)8(14)4-9(10)17-12(18)15/h3-4,6H,5H2,1-2H3,(H2,15,17)(H,16,19). The van der Waals surface area contributed by atoms with Crippen LogP contribution in [0.4, 0.5) is 10.3 Å². The van der Waals surface area contributed by atoms with Crippen LogP contribution in [0.3, 0.4) is 0 Å². The normalized spacial score (nSPS) is 11.2. The van der Waals surface area contributed by atoms with E-state index >= 15 is 0 Å². The second-order valence-electron chi connectivity index (χ2n) is 4.53. The molecule has 0 spiro atoms. The van der Waals surface area contributed by atoms with Gasteiger partial charge in [-0.25, -0.2) is 9.37 Å². The predicted octanol–water partition coefficient (Wildman–Crippen LogP) is 1.94. The number of hydrogen-bond acceptors (Lipinski definition) is 3. The smallest absolute Gasteiger partial charge is 0.240 e. The lowest BCUT2D eigenvalue weighted by molar-refractivity contribution is -0.122. The van der Waals surface area contributed by atoms with E-state index in [0.29, 0.717) is 11.0 Å². The second kappa shape index (κ2) is 5.05. The Morgan fingerprint density at radius 2 is 2.26 bits per heavy atom. The van der Waals surface area contributed by atoms with E-state index < -0.39 is 5.82 Å². The molecule has 2 rings (SSSR count). The van der Waals surface area contributed by atoms with Gasteiger partial charge in [0, 0.05) is 12.1 Å². The molecule has 0 fully saturated rings. The first-order valence-electron chi connectivity index (χ1n) is 5.78. The third kappa shape index (κ3) is 2.78. The van der Waals surface area contributed by atoms with Gasteiger partial charge < -0.3 is 15.6 Å². The van der Waals surface area contributed by atoms with Gasteiger partial charge in [0.1, 0.15) is 12.4 Å². The Balaban J connectivity index is 2.40. The van der Waals surface area contributed by atoms with Gasteiger partial charge in [-0.2, -0.15) is 0 Å². The summed E-state index contributed by atoms with van der Waals surface area (Å²) in [5, 5.41) is 2.72. The van der Waals surface area contributed by atoms with Crippen LogP contribution >= 0.6 is 11.6 Å². The predicted molar refractivity (Wildman–Crippen MR) is 72.4 cm³/mol. The monoisotopic (exact) mass is 284 g/mol. The van der Waals surface area contributed by atoms with Crippen LogP contribution in [-0.4, -0.2) is 21.5 Å². The maximum atomic E-state index is 13.3. The average Bonchev–Trinajstić information content (AvgIpc) is 2.56. The van der Waals surface area contributed by atoms with Crippen molar-refractivity contribution < 1.29 is 9.18 Å². The lowest BCUT2D eigenvalue weighted by Crippen LogP contribution is -2.33. The minimum Gasteiger partial charge on any atom is -0.369 e. The van der Waals surface area contributed by atoms with Crippen molar-refractivity contribution in [1.82, 2.24) is 14.9 Å². The van der Waals surface area contributed by atoms with E-state index in [1.165, 1.54) is 16.7 Å². The van der Waals surface area contributed by atoms with Crippen LogP contribution in [0.15, 0.2) is 12.1 Å². The van der Waals surface area contributed by atoms with Gasteiger partial charge in [0.2, 0.25) is 11.9 Å². The Labute approximate surface area is 114 Å². The highest BCUT2D eigenvalue weighted by molar-refractivity contribution is 6.31. The van der Waals surface area contributed by atoms with Crippen LogP contribution in [0.25, 0.3) is 11.0 Å². The Kier molecular flexibility index (Phi) is 3.61. The molecule has 0 saturated carbocycles. The van der Waals surface area contributed by atoms with E-state index in [1.54, 1.807) is 0 Å². The Hall–Kier alpha value is -1.82. The number of halogens is 2. The SMILES string of the molecule is CC(C)NC(=O)Cn1c(N)nc2cc(F)c(Cl)cc21. The third-order valence-electron chi connectivity index (χ3n) is 2.57. The minimum absolute atomic E-state index is 0.0163. The molecule has 0 atom stereocenters. The summed E-state index contributed by atoms with van der Waals surface area (Å²) in [5.41, 5.74) is 6.64. The molecular formula is C12H14ClFN4O. The van der Waals surface area contributed by atoms with E-state index in [0.717, 1.165) is 0 Å². The summed E-state index contributed by atoms with van der Waals surface area (Å²) >= 11 is 5.73. The molecule has 0 aliphatic rings. The molecule has 7 heteroatoms. The molecule has 1 heterocycles. The molecule has 0 aliphatic heterocycles. The van der Waals surface area contributed by atoms with E-state index in [4.69, 9.17) is 17.3 Å². The highest BCUT2D eigenvalue weighted by atomic mass is 35.5. The van der Waals surface area contributed by atoms with Gasteiger partial charge in [-0.05, 0) is 19.9 Å². The fraction of sp³-hybridized carbons (Fsp3) is 0.333.